The van der Waals surface area contributed by atoms with Gasteiger partial charge in [-0.25, -0.2) is 15.0 Å². The van der Waals surface area contributed by atoms with Crippen molar-refractivity contribution in [3.8, 4) is 73.2 Å². The molecule has 1 aliphatic carbocycles. The highest BCUT2D eigenvalue weighted by molar-refractivity contribution is 6.10. The fraction of sp³-hybridized carbons (Fsp3) is 0.0156. The summed E-state index contributed by atoms with van der Waals surface area (Å²) >= 11 is 0. The van der Waals surface area contributed by atoms with E-state index in [0.29, 0.717) is 17.5 Å². The summed E-state index contributed by atoms with van der Waals surface area (Å²) in [5.41, 5.74) is 17.7. The van der Waals surface area contributed by atoms with Crippen LogP contribution < -0.4 is 0 Å². The van der Waals surface area contributed by atoms with Crippen LogP contribution in [0.3, 0.4) is 0 Å². The first-order valence-electron chi connectivity index (χ1n) is 23.2. The van der Waals surface area contributed by atoms with Gasteiger partial charge in [0.1, 0.15) is 0 Å². The van der Waals surface area contributed by atoms with Crippen LogP contribution in [0.25, 0.3) is 95.0 Å². The highest BCUT2D eigenvalue weighted by Gasteiger charge is 2.46. The minimum Gasteiger partial charge on any atom is -0.309 e. The van der Waals surface area contributed by atoms with Crippen molar-refractivity contribution in [3.05, 3.63) is 277 Å². The number of hydrogen-bond acceptors (Lipinski definition) is 3. The lowest BCUT2D eigenvalue weighted by Crippen LogP contribution is -2.28. The van der Waals surface area contributed by atoms with Gasteiger partial charge in [0, 0.05) is 33.2 Å². The van der Waals surface area contributed by atoms with Gasteiger partial charge in [0.25, 0.3) is 0 Å². The molecule has 13 rings (SSSR count). The third-order valence-corrected chi connectivity index (χ3v) is 13.7. The first kappa shape index (κ1) is 39.4. The SMILES string of the molecule is c1ccc(-c2cccc(-c3cccc(C4(c5ccc6c7ccc(-c8nc(-c9ccccc9)nc(-c9ccccc9)n8)cc7n(-c7ccccc7)c6c5)c5ccccc5-c5ccccc54)c3)c2)cc1. The lowest BCUT2D eigenvalue weighted by molar-refractivity contribution is 0.770. The number of rotatable bonds is 8. The Kier molecular flexibility index (Phi) is 9.36. The molecule has 0 unspecified atom stereocenters. The van der Waals surface area contributed by atoms with Gasteiger partial charge in [-0.2, -0.15) is 0 Å². The molecule has 10 aromatic carbocycles. The van der Waals surface area contributed by atoms with E-state index in [-0.39, 0.29) is 0 Å². The molecule has 2 heterocycles. The molecule has 0 saturated carbocycles. The van der Waals surface area contributed by atoms with Crippen LogP contribution >= 0.6 is 0 Å². The molecule has 0 radical (unpaired) electrons. The molecule has 0 aliphatic heterocycles. The van der Waals surface area contributed by atoms with Crippen molar-refractivity contribution in [1.29, 1.82) is 0 Å². The van der Waals surface area contributed by atoms with Crippen LogP contribution in [0.4, 0.5) is 0 Å². The van der Waals surface area contributed by atoms with E-state index in [9.17, 15) is 0 Å². The third kappa shape index (κ3) is 6.41. The summed E-state index contributed by atoms with van der Waals surface area (Å²) in [5, 5.41) is 2.33. The van der Waals surface area contributed by atoms with E-state index in [1.807, 2.05) is 36.4 Å². The minimum absolute atomic E-state index is 0.621. The van der Waals surface area contributed by atoms with E-state index < -0.39 is 5.41 Å². The van der Waals surface area contributed by atoms with Crippen LogP contribution in [0.2, 0.25) is 0 Å². The normalized spacial score (nSPS) is 12.5. The third-order valence-electron chi connectivity index (χ3n) is 13.7. The molecular weight excluding hydrogens is 825 g/mol. The second-order valence-corrected chi connectivity index (χ2v) is 17.5. The predicted molar refractivity (Wildman–Crippen MR) is 279 cm³/mol. The fourth-order valence-electron chi connectivity index (χ4n) is 10.6. The van der Waals surface area contributed by atoms with Crippen molar-refractivity contribution in [1.82, 2.24) is 19.5 Å². The zero-order valence-corrected chi connectivity index (χ0v) is 37.0. The van der Waals surface area contributed by atoms with Gasteiger partial charge in [0.05, 0.1) is 16.4 Å². The summed E-state index contributed by atoms with van der Waals surface area (Å²) in [4.78, 5) is 15.2. The van der Waals surface area contributed by atoms with Gasteiger partial charge in [-0.3, -0.25) is 0 Å². The van der Waals surface area contributed by atoms with E-state index in [4.69, 9.17) is 15.0 Å². The Morgan fingerprint density at radius 1 is 0.279 bits per heavy atom. The van der Waals surface area contributed by atoms with Crippen LogP contribution in [0.15, 0.2) is 255 Å². The predicted octanol–water partition coefficient (Wildman–Crippen LogP) is 15.7. The number of nitrogens with zero attached hydrogens (tertiary/aromatic N) is 4. The lowest BCUT2D eigenvalue weighted by atomic mass is 9.67. The maximum atomic E-state index is 5.13. The largest absolute Gasteiger partial charge is 0.309 e. The molecule has 0 atom stereocenters. The molecule has 0 saturated heterocycles. The summed E-state index contributed by atoms with van der Waals surface area (Å²) in [6.45, 7) is 0. The first-order valence-corrected chi connectivity index (χ1v) is 23.2. The van der Waals surface area contributed by atoms with E-state index in [0.717, 1.165) is 38.8 Å². The summed E-state index contributed by atoms with van der Waals surface area (Å²) in [7, 11) is 0. The van der Waals surface area contributed by atoms with Crippen LogP contribution in [0, 0.1) is 0 Å². The molecule has 4 nitrogen and oxygen atoms in total. The molecular formula is C64H42N4. The van der Waals surface area contributed by atoms with Crippen molar-refractivity contribution < 1.29 is 0 Å². The summed E-state index contributed by atoms with van der Waals surface area (Å²) in [6.07, 6.45) is 0. The average Bonchev–Trinajstić information content (AvgIpc) is 3.92. The maximum Gasteiger partial charge on any atom is 0.164 e. The molecule has 1 aliphatic rings. The van der Waals surface area contributed by atoms with E-state index in [1.165, 1.54) is 61.0 Å². The molecule has 318 valence electrons. The van der Waals surface area contributed by atoms with Crippen LogP contribution in [-0.2, 0) is 5.41 Å². The van der Waals surface area contributed by atoms with E-state index in [1.54, 1.807) is 0 Å². The topological polar surface area (TPSA) is 43.6 Å². The van der Waals surface area contributed by atoms with Gasteiger partial charge in [-0.15, -0.1) is 0 Å². The standard InChI is InChI=1S/C64H42N4/c1-5-19-43(20-6-1)46-25-17-26-47(39-46)48-27-18-28-50(40-48)64(57-33-15-13-31-53(57)54-32-14-16-34-58(54)64)51-36-38-56-55-37-35-49(41-59(55)68(60(56)42-51)52-29-11-4-12-30-52)63-66-61(44-21-7-2-8-22-44)65-62(67-63)45-23-9-3-10-24-45/h1-42H. The Bertz CT molecular complexity index is 3740. The molecule has 0 N–H and O–H groups in total. The Hall–Kier alpha value is -8.99. The zero-order chi connectivity index (χ0) is 45.0. The van der Waals surface area contributed by atoms with Crippen molar-refractivity contribution in [3.63, 3.8) is 0 Å². The van der Waals surface area contributed by atoms with Gasteiger partial charge in [0.2, 0.25) is 0 Å². The van der Waals surface area contributed by atoms with Crippen LogP contribution in [0.5, 0.6) is 0 Å². The Morgan fingerprint density at radius 3 is 1.31 bits per heavy atom. The summed E-state index contributed by atoms with van der Waals surface area (Å²) in [5.74, 6) is 1.90. The highest BCUT2D eigenvalue weighted by atomic mass is 15.0. The number of para-hydroxylation sites is 1. The number of aromatic nitrogens is 4. The van der Waals surface area contributed by atoms with Gasteiger partial charge in [-0.05, 0) is 92.0 Å². The minimum atomic E-state index is -0.621. The molecule has 0 bridgehead atoms. The second kappa shape index (κ2) is 16.2. The van der Waals surface area contributed by atoms with Crippen LogP contribution in [-0.4, -0.2) is 19.5 Å². The van der Waals surface area contributed by atoms with Gasteiger partial charge in [0.15, 0.2) is 17.5 Å². The maximum absolute atomic E-state index is 5.13. The molecule has 2 aromatic heterocycles. The Morgan fingerprint density at radius 2 is 0.706 bits per heavy atom. The van der Waals surface area contributed by atoms with E-state index in [2.05, 4.69) is 223 Å². The number of hydrogen-bond donors (Lipinski definition) is 0. The first-order chi connectivity index (χ1) is 33.7. The van der Waals surface area contributed by atoms with Crippen molar-refractivity contribution in [2.45, 2.75) is 5.41 Å². The van der Waals surface area contributed by atoms with Crippen molar-refractivity contribution >= 4 is 21.8 Å². The van der Waals surface area contributed by atoms with Crippen molar-refractivity contribution in [2.75, 3.05) is 0 Å². The van der Waals surface area contributed by atoms with Crippen LogP contribution in [0.1, 0.15) is 22.3 Å². The molecule has 68 heavy (non-hydrogen) atoms. The quantitative estimate of drug-likeness (QED) is 0.153. The zero-order valence-electron chi connectivity index (χ0n) is 37.0. The van der Waals surface area contributed by atoms with Gasteiger partial charge >= 0.3 is 0 Å². The highest BCUT2D eigenvalue weighted by Crippen LogP contribution is 2.57. The number of fused-ring (bicyclic) bond motifs is 6. The molecule has 4 heteroatoms. The molecule has 0 fully saturated rings. The fourth-order valence-corrected chi connectivity index (χ4v) is 10.6. The second-order valence-electron chi connectivity index (χ2n) is 17.5. The Balaban J connectivity index is 1.04. The van der Waals surface area contributed by atoms with E-state index >= 15 is 0 Å². The summed E-state index contributed by atoms with van der Waals surface area (Å²) in [6, 6.07) is 91.6. The molecule has 0 amide bonds. The molecule has 0 spiro atoms. The van der Waals surface area contributed by atoms with Gasteiger partial charge in [-0.1, -0.05) is 218 Å². The molecule has 12 aromatic rings. The smallest absolute Gasteiger partial charge is 0.164 e. The summed E-state index contributed by atoms with van der Waals surface area (Å²) < 4.78 is 2.42. The lowest BCUT2D eigenvalue weighted by Gasteiger charge is -2.34. The monoisotopic (exact) mass is 866 g/mol. The van der Waals surface area contributed by atoms with Gasteiger partial charge < -0.3 is 4.57 Å². The number of benzene rings is 10. The Labute approximate surface area is 395 Å². The van der Waals surface area contributed by atoms with Crippen molar-refractivity contribution in [2.24, 2.45) is 0 Å². The average molecular weight is 867 g/mol.